The molecule has 1 atom stereocenters. The first kappa shape index (κ1) is 16.3. The molecule has 2 rings (SSSR count). The summed E-state index contributed by atoms with van der Waals surface area (Å²) in [5.41, 5.74) is 1.29. The van der Waals surface area contributed by atoms with Crippen molar-refractivity contribution in [3.8, 4) is 5.75 Å². The van der Waals surface area contributed by atoms with Crippen LogP contribution in [-0.2, 0) is 4.74 Å². The van der Waals surface area contributed by atoms with E-state index in [0.717, 1.165) is 18.9 Å². The third-order valence-electron chi connectivity index (χ3n) is 4.15. The zero-order valence-corrected chi connectivity index (χ0v) is 13.4. The lowest BCUT2D eigenvalue weighted by molar-refractivity contribution is 0.0295. The molecule has 0 heterocycles. The van der Waals surface area contributed by atoms with E-state index in [0.29, 0.717) is 18.8 Å². The highest BCUT2D eigenvalue weighted by molar-refractivity contribution is 5.28. The van der Waals surface area contributed by atoms with Gasteiger partial charge in [-0.05, 0) is 44.4 Å². The van der Waals surface area contributed by atoms with Gasteiger partial charge in [0.15, 0.2) is 0 Å². The van der Waals surface area contributed by atoms with Crippen LogP contribution in [0.1, 0.15) is 57.6 Å². The maximum atomic E-state index is 5.94. The van der Waals surface area contributed by atoms with Gasteiger partial charge in [-0.1, -0.05) is 31.4 Å². The van der Waals surface area contributed by atoms with Crippen molar-refractivity contribution in [1.29, 1.82) is 0 Å². The van der Waals surface area contributed by atoms with Crippen LogP contribution in [0.25, 0.3) is 0 Å². The quantitative estimate of drug-likeness (QED) is 0.732. The van der Waals surface area contributed by atoms with Crippen molar-refractivity contribution in [2.75, 3.05) is 19.8 Å². The highest BCUT2D eigenvalue weighted by atomic mass is 16.5. The molecule has 0 bridgehead atoms. The van der Waals surface area contributed by atoms with E-state index in [1.165, 1.54) is 37.7 Å². The SMILES string of the molecule is CCOc1ccc(C(C)NCCOC2CCCCC2)cc1. The van der Waals surface area contributed by atoms with Crippen LogP contribution in [-0.4, -0.2) is 25.9 Å². The third-order valence-corrected chi connectivity index (χ3v) is 4.15. The topological polar surface area (TPSA) is 30.5 Å². The van der Waals surface area contributed by atoms with Gasteiger partial charge in [-0.3, -0.25) is 0 Å². The Morgan fingerprint density at radius 3 is 2.52 bits per heavy atom. The molecule has 118 valence electrons. The van der Waals surface area contributed by atoms with Gasteiger partial charge in [-0.15, -0.1) is 0 Å². The fourth-order valence-electron chi connectivity index (χ4n) is 2.87. The van der Waals surface area contributed by atoms with Crippen LogP contribution in [0.4, 0.5) is 0 Å². The van der Waals surface area contributed by atoms with Crippen molar-refractivity contribution in [1.82, 2.24) is 5.32 Å². The summed E-state index contributed by atoms with van der Waals surface area (Å²) in [6.45, 7) is 6.63. The first-order chi connectivity index (χ1) is 10.3. The molecule has 3 nitrogen and oxygen atoms in total. The molecule has 0 saturated heterocycles. The molecule has 3 heteroatoms. The van der Waals surface area contributed by atoms with E-state index in [1.807, 2.05) is 19.1 Å². The van der Waals surface area contributed by atoms with Crippen molar-refractivity contribution in [3.05, 3.63) is 29.8 Å². The molecule has 21 heavy (non-hydrogen) atoms. The zero-order valence-electron chi connectivity index (χ0n) is 13.4. The summed E-state index contributed by atoms with van der Waals surface area (Å²) >= 11 is 0. The maximum absolute atomic E-state index is 5.94. The Bertz CT molecular complexity index is 385. The number of benzene rings is 1. The summed E-state index contributed by atoms with van der Waals surface area (Å²) in [6, 6.07) is 8.68. The molecular formula is C18H29NO2. The van der Waals surface area contributed by atoms with Crippen LogP contribution in [0.15, 0.2) is 24.3 Å². The van der Waals surface area contributed by atoms with E-state index in [2.05, 4.69) is 24.4 Å². The summed E-state index contributed by atoms with van der Waals surface area (Å²) < 4.78 is 11.4. The van der Waals surface area contributed by atoms with Gasteiger partial charge in [0.1, 0.15) is 5.75 Å². The van der Waals surface area contributed by atoms with Gasteiger partial charge < -0.3 is 14.8 Å². The van der Waals surface area contributed by atoms with E-state index in [9.17, 15) is 0 Å². The fourth-order valence-corrected chi connectivity index (χ4v) is 2.87. The number of hydrogen-bond donors (Lipinski definition) is 1. The predicted octanol–water partition coefficient (Wildman–Crippen LogP) is 4.09. The molecule has 1 aromatic carbocycles. The molecule has 1 aliphatic rings. The Morgan fingerprint density at radius 2 is 1.86 bits per heavy atom. The van der Waals surface area contributed by atoms with E-state index in [4.69, 9.17) is 9.47 Å². The highest BCUT2D eigenvalue weighted by Gasteiger charge is 2.13. The molecule has 1 unspecified atom stereocenters. The number of nitrogens with one attached hydrogen (secondary N) is 1. The molecule has 1 N–H and O–H groups in total. The summed E-state index contributed by atoms with van der Waals surface area (Å²) in [5.74, 6) is 0.939. The second kappa shape index (κ2) is 9.06. The highest BCUT2D eigenvalue weighted by Crippen LogP contribution is 2.20. The molecule has 0 amide bonds. The Balaban J connectivity index is 1.65. The summed E-state index contributed by atoms with van der Waals surface area (Å²) in [5, 5.41) is 3.52. The summed E-state index contributed by atoms with van der Waals surface area (Å²) in [7, 11) is 0. The Labute approximate surface area is 129 Å². The van der Waals surface area contributed by atoms with Crippen LogP contribution in [0, 0.1) is 0 Å². The number of rotatable bonds is 8. The van der Waals surface area contributed by atoms with Crippen LogP contribution >= 0.6 is 0 Å². The number of ether oxygens (including phenoxy) is 2. The Kier molecular flexibility index (Phi) is 7.04. The minimum absolute atomic E-state index is 0.343. The predicted molar refractivity (Wildman–Crippen MR) is 86.9 cm³/mol. The summed E-state index contributed by atoms with van der Waals surface area (Å²) in [4.78, 5) is 0. The second-order valence-corrected chi connectivity index (χ2v) is 5.81. The molecule has 0 aliphatic heterocycles. The minimum Gasteiger partial charge on any atom is -0.494 e. The van der Waals surface area contributed by atoms with Gasteiger partial charge in [0.05, 0.1) is 19.3 Å². The smallest absolute Gasteiger partial charge is 0.119 e. The largest absolute Gasteiger partial charge is 0.494 e. The van der Waals surface area contributed by atoms with Gasteiger partial charge in [-0.2, -0.15) is 0 Å². The van der Waals surface area contributed by atoms with Crippen molar-refractivity contribution in [2.45, 2.75) is 58.1 Å². The Hall–Kier alpha value is -1.06. The van der Waals surface area contributed by atoms with E-state index in [-0.39, 0.29) is 0 Å². The third kappa shape index (κ3) is 5.68. The summed E-state index contributed by atoms with van der Waals surface area (Å²) in [6.07, 6.45) is 7.04. The van der Waals surface area contributed by atoms with E-state index < -0.39 is 0 Å². The van der Waals surface area contributed by atoms with Gasteiger partial charge in [-0.25, -0.2) is 0 Å². The van der Waals surface area contributed by atoms with Crippen LogP contribution in [0.5, 0.6) is 5.75 Å². The number of hydrogen-bond acceptors (Lipinski definition) is 3. The lowest BCUT2D eigenvalue weighted by Crippen LogP contribution is -2.26. The standard InChI is InChI=1S/C18H29NO2/c1-3-20-18-11-9-16(10-12-18)15(2)19-13-14-21-17-7-5-4-6-8-17/h9-12,15,17,19H,3-8,13-14H2,1-2H3. The second-order valence-electron chi connectivity index (χ2n) is 5.81. The van der Waals surface area contributed by atoms with Crippen molar-refractivity contribution < 1.29 is 9.47 Å². The molecule has 0 aromatic heterocycles. The van der Waals surface area contributed by atoms with Crippen LogP contribution in [0.3, 0.4) is 0 Å². The molecule has 1 fully saturated rings. The minimum atomic E-state index is 0.343. The lowest BCUT2D eigenvalue weighted by atomic mass is 9.98. The van der Waals surface area contributed by atoms with Gasteiger partial charge in [0.25, 0.3) is 0 Å². The molecule has 1 saturated carbocycles. The average molecular weight is 291 g/mol. The van der Waals surface area contributed by atoms with Crippen LogP contribution in [0.2, 0.25) is 0 Å². The first-order valence-electron chi connectivity index (χ1n) is 8.37. The normalized spacial score (nSPS) is 17.6. The Morgan fingerprint density at radius 1 is 1.14 bits per heavy atom. The van der Waals surface area contributed by atoms with Gasteiger partial charge in [0, 0.05) is 12.6 Å². The maximum Gasteiger partial charge on any atom is 0.119 e. The van der Waals surface area contributed by atoms with Gasteiger partial charge in [0.2, 0.25) is 0 Å². The monoisotopic (exact) mass is 291 g/mol. The van der Waals surface area contributed by atoms with Crippen molar-refractivity contribution in [3.63, 3.8) is 0 Å². The molecule has 1 aromatic rings. The molecule has 0 spiro atoms. The lowest BCUT2D eigenvalue weighted by Gasteiger charge is -2.22. The first-order valence-corrected chi connectivity index (χ1v) is 8.37. The van der Waals surface area contributed by atoms with Gasteiger partial charge >= 0.3 is 0 Å². The average Bonchev–Trinajstić information content (AvgIpc) is 2.53. The van der Waals surface area contributed by atoms with E-state index in [1.54, 1.807) is 0 Å². The fraction of sp³-hybridized carbons (Fsp3) is 0.667. The van der Waals surface area contributed by atoms with Crippen molar-refractivity contribution in [2.24, 2.45) is 0 Å². The molecule has 1 aliphatic carbocycles. The molecule has 0 radical (unpaired) electrons. The van der Waals surface area contributed by atoms with Crippen LogP contribution < -0.4 is 10.1 Å². The molecular weight excluding hydrogens is 262 g/mol. The van der Waals surface area contributed by atoms with Crippen molar-refractivity contribution >= 4 is 0 Å². The zero-order chi connectivity index (χ0) is 14.9. The van der Waals surface area contributed by atoms with E-state index >= 15 is 0 Å².